The number of phenols is 1. The van der Waals surface area contributed by atoms with Crippen molar-refractivity contribution in [1.29, 1.82) is 0 Å². The van der Waals surface area contributed by atoms with Gasteiger partial charge in [-0.1, -0.05) is 5.16 Å². The van der Waals surface area contributed by atoms with Crippen molar-refractivity contribution >= 4 is 22.6 Å². The second kappa shape index (κ2) is 4.92. The Morgan fingerprint density at radius 3 is 2.68 bits per heavy atom. The van der Waals surface area contributed by atoms with Crippen molar-refractivity contribution in [3.05, 3.63) is 40.2 Å². The van der Waals surface area contributed by atoms with Crippen molar-refractivity contribution in [3.63, 3.8) is 0 Å². The maximum absolute atomic E-state index is 9.81. The van der Waals surface area contributed by atoms with Gasteiger partial charge in [0.2, 0.25) is 11.6 Å². The third-order valence-electron chi connectivity index (χ3n) is 2.38. The molecule has 2 aromatic heterocycles. The lowest BCUT2D eigenvalue weighted by Crippen LogP contribution is -1.88. The standard InChI is InChI=1S/C12H7IN4O2/c13-7-2-3-9(18)8(6-7)12-16-11(17-19-12)10-14-4-1-5-15-10/h1-6,18H. The molecule has 0 aliphatic carbocycles. The molecule has 0 atom stereocenters. The van der Waals surface area contributed by atoms with Crippen LogP contribution in [0, 0.1) is 3.57 Å². The molecule has 3 rings (SSSR count). The Labute approximate surface area is 121 Å². The molecule has 6 nitrogen and oxygen atoms in total. The molecule has 1 aromatic carbocycles. The predicted octanol–water partition coefficient (Wildman–Crippen LogP) is 2.50. The highest BCUT2D eigenvalue weighted by atomic mass is 127. The fraction of sp³-hybridized carbons (Fsp3) is 0. The van der Waals surface area contributed by atoms with Crippen LogP contribution in [0.5, 0.6) is 5.75 Å². The lowest BCUT2D eigenvalue weighted by Gasteiger charge is -1.99. The van der Waals surface area contributed by atoms with E-state index in [0.717, 1.165) is 3.57 Å². The van der Waals surface area contributed by atoms with Crippen LogP contribution in [0.4, 0.5) is 0 Å². The second-order valence-electron chi connectivity index (χ2n) is 3.66. The van der Waals surface area contributed by atoms with Gasteiger partial charge in [-0.2, -0.15) is 4.98 Å². The smallest absolute Gasteiger partial charge is 0.262 e. The normalized spacial score (nSPS) is 10.6. The third kappa shape index (κ3) is 2.41. The summed E-state index contributed by atoms with van der Waals surface area (Å²) in [6, 6.07) is 6.84. The molecule has 0 aliphatic heterocycles. The maximum Gasteiger partial charge on any atom is 0.262 e. The summed E-state index contributed by atoms with van der Waals surface area (Å²) in [5.74, 6) is 0.986. The third-order valence-corrected chi connectivity index (χ3v) is 3.05. The average molecular weight is 366 g/mol. The van der Waals surface area contributed by atoms with Crippen LogP contribution in [0.3, 0.4) is 0 Å². The highest BCUT2D eigenvalue weighted by Gasteiger charge is 2.15. The van der Waals surface area contributed by atoms with Crippen LogP contribution in [0.15, 0.2) is 41.2 Å². The van der Waals surface area contributed by atoms with Gasteiger partial charge in [0.25, 0.3) is 5.89 Å². The Hall–Kier alpha value is -2.03. The monoisotopic (exact) mass is 366 g/mol. The van der Waals surface area contributed by atoms with Crippen LogP contribution in [0.25, 0.3) is 23.1 Å². The zero-order chi connectivity index (χ0) is 13.2. The second-order valence-corrected chi connectivity index (χ2v) is 4.90. The summed E-state index contributed by atoms with van der Waals surface area (Å²) in [6.07, 6.45) is 3.20. The zero-order valence-corrected chi connectivity index (χ0v) is 11.6. The highest BCUT2D eigenvalue weighted by molar-refractivity contribution is 14.1. The van der Waals surface area contributed by atoms with Gasteiger partial charge in [0.05, 0.1) is 5.56 Å². The molecule has 19 heavy (non-hydrogen) atoms. The van der Waals surface area contributed by atoms with Gasteiger partial charge in [0, 0.05) is 16.0 Å². The quantitative estimate of drug-likeness (QED) is 0.702. The number of benzene rings is 1. The number of nitrogens with zero attached hydrogens (tertiary/aromatic N) is 4. The molecule has 0 spiro atoms. The first-order valence-corrected chi connectivity index (χ1v) is 6.42. The summed E-state index contributed by atoms with van der Waals surface area (Å²) in [4.78, 5) is 12.3. The Balaban J connectivity index is 2.04. The minimum Gasteiger partial charge on any atom is -0.507 e. The minimum absolute atomic E-state index is 0.0876. The first-order chi connectivity index (χ1) is 9.24. The molecular weight excluding hydrogens is 359 g/mol. The van der Waals surface area contributed by atoms with Crippen molar-refractivity contribution in [2.45, 2.75) is 0 Å². The van der Waals surface area contributed by atoms with Gasteiger partial charge in [-0.15, -0.1) is 0 Å². The van der Waals surface area contributed by atoms with E-state index in [0.29, 0.717) is 11.4 Å². The SMILES string of the molecule is Oc1ccc(I)cc1-c1nc(-c2ncccn2)no1. The summed E-state index contributed by atoms with van der Waals surface area (Å²) in [5, 5.41) is 13.6. The van der Waals surface area contributed by atoms with E-state index in [9.17, 15) is 5.11 Å². The lowest BCUT2D eigenvalue weighted by molar-refractivity contribution is 0.425. The first kappa shape index (κ1) is 12.0. The van der Waals surface area contributed by atoms with Gasteiger partial charge in [-0.25, -0.2) is 9.97 Å². The Bertz CT molecular complexity index is 715. The predicted molar refractivity (Wildman–Crippen MR) is 75.1 cm³/mol. The lowest BCUT2D eigenvalue weighted by atomic mass is 10.2. The molecule has 0 aliphatic rings. The number of hydrogen-bond acceptors (Lipinski definition) is 6. The van der Waals surface area contributed by atoms with E-state index in [4.69, 9.17) is 4.52 Å². The van der Waals surface area contributed by atoms with E-state index >= 15 is 0 Å². The van der Waals surface area contributed by atoms with Crippen molar-refractivity contribution < 1.29 is 9.63 Å². The van der Waals surface area contributed by atoms with Crippen LogP contribution in [-0.4, -0.2) is 25.2 Å². The van der Waals surface area contributed by atoms with E-state index in [1.807, 2.05) is 0 Å². The van der Waals surface area contributed by atoms with Crippen molar-refractivity contribution in [2.24, 2.45) is 0 Å². The van der Waals surface area contributed by atoms with Gasteiger partial charge in [-0.3, -0.25) is 0 Å². The van der Waals surface area contributed by atoms with Gasteiger partial charge >= 0.3 is 0 Å². The van der Waals surface area contributed by atoms with E-state index in [2.05, 4.69) is 42.7 Å². The fourth-order valence-corrected chi connectivity index (χ4v) is 2.01. The minimum atomic E-state index is 0.0876. The van der Waals surface area contributed by atoms with E-state index in [1.54, 1.807) is 36.7 Å². The number of aromatic nitrogens is 4. The zero-order valence-electron chi connectivity index (χ0n) is 9.49. The van der Waals surface area contributed by atoms with Crippen molar-refractivity contribution in [2.75, 3.05) is 0 Å². The molecule has 0 fully saturated rings. The number of phenolic OH excluding ortho intramolecular Hbond substituents is 1. The van der Waals surface area contributed by atoms with Crippen LogP contribution >= 0.6 is 22.6 Å². The van der Waals surface area contributed by atoms with Crippen molar-refractivity contribution in [1.82, 2.24) is 20.1 Å². The van der Waals surface area contributed by atoms with Crippen LogP contribution in [0.2, 0.25) is 0 Å². The fourth-order valence-electron chi connectivity index (χ4n) is 1.52. The largest absolute Gasteiger partial charge is 0.507 e. The summed E-state index contributed by atoms with van der Waals surface area (Å²) >= 11 is 2.14. The Morgan fingerprint density at radius 2 is 1.89 bits per heavy atom. The molecule has 0 radical (unpaired) electrons. The number of rotatable bonds is 2. The summed E-state index contributed by atoms with van der Waals surface area (Å²) < 4.78 is 6.10. The van der Waals surface area contributed by atoms with Crippen LogP contribution in [0.1, 0.15) is 0 Å². The topological polar surface area (TPSA) is 84.9 Å². The maximum atomic E-state index is 9.81. The summed E-state index contributed by atoms with van der Waals surface area (Å²) in [6.45, 7) is 0. The molecule has 1 N–H and O–H groups in total. The van der Waals surface area contributed by atoms with Gasteiger partial charge in [0.1, 0.15) is 5.75 Å². The van der Waals surface area contributed by atoms with Crippen LogP contribution < -0.4 is 0 Å². The summed E-state index contributed by atoms with van der Waals surface area (Å²) in [7, 11) is 0. The van der Waals surface area contributed by atoms with Crippen LogP contribution in [-0.2, 0) is 0 Å². The highest BCUT2D eigenvalue weighted by Crippen LogP contribution is 2.30. The molecule has 2 heterocycles. The van der Waals surface area contributed by atoms with Gasteiger partial charge in [-0.05, 0) is 46.9 Å². The van der Waals surface area contributed by atoms with E-state index in [-0.39, 0.29) is 17.5 Å². The first-order valence-electron chi connectivity index (χ1n) is 5.34. The molecule has 7 heteroatoms. The average Bonchev–Trinajstić information content (AvgIpc) is 2.92. The molecule has 0 amide bonds. The molecule has 0 saturated carbocycles. The van der Waals surface area contributed by atoms with Gasteiger partial charge < -0.3 is 9.63 Å². The summed E-state index contributed by atoms with van der Waals surface area (Å²) in [5.41, 5.74) is 0.488. The molecule has 0 bridgehead atoms. The van der Waals surface area contributed by atoms with E-state index in [1.165, 1.54) is 0 Å². The Kier molecular flexibility index (Phi) is 3.11. The number of halogens is 1. The Morgan fingerprint density at radius 1 is 1.11 bits per heavy atom. The molecule has 94 valence electrons. The van der Waals surface area contributed by atoms with Crippen molar-refractivity contribution in [3.8, 4) is 28.9 Å². The van der Waals surface area contributed by atoms with E-state index < -0.39 is 0 Å². The van der Waals surface area contributed by atoms with Gasteiger partial charge in [0.15, 0.2) is 0 Å². The molecule has 3 aromatic rings. The molecule has 0 saturated heterocycles. The molecular formula is C12H7IN4O2. The number of hydrogen-bond donors (Lipinski definition) is 1. The number of aromatic hydroxyl groups is 1. The molecule has 0 unspecified atom stereocenters.